The lowest BCUT2D eigenvalue weighted by molar-refractivity contribution is 0.0940. The first-order valence-electron chi connectivity index (χ1n) is 7.75. The summed E-state index contributed by atoms with van der Waals surface area (Å²) in [4.78, 5) is 12.3. The van der Waals surface area contributed by atoms with E-state index in [1.54, 1.807) is 0 Å². The number of hydrogen-bond acceptors (Lipinski definition) is 1. The third kappa shape index (κ3) is 3.97. The number of amides is 1. The van der Waals surface area contributed by atoms with Crippen molar-refractivity contribution in [1.82, 2.24) is 5.32 Å². The molecule has 0 saturated carbocycles. The second kappa shape index (κ2) is 6.35. The summed E-state index contributed by atoms with van der Waals surface area (Å²) in [5.74, 6) is -0.0348. The molecule has 1 amide bonds. The van der Waals surface area contributed by atoms with Crippen LogP contribution in [-0.2, 0) is 5.41 Å². The molecule has 0 spiro atoms. The molecule has 1 N–H and O–H groups in total. The smallest absolute Gasteiger partial charge is 0.251 e. The van der Waals surface area contributed by atoms with Crippen molar-refractivity contribution in [2.75, 3.05) is 0 Å². The number of carbonyl (C=O) groups excluding carboxylic acids is 1. The molecule has 2 heteroatoms. The number of aryl methyl sites for hydroxylation is 1. The van der Waals surface area contributed by atoms with E-state index in [9.17, 15) is 4.79 Å². The molecule has 0 aromatic heterocycles. The van der Waals surface area contributed by atoms with Gasteiger partial charge in [-0.15, -0.1) is 0 Å². The summed E-state index contributed by atoms with van der Waals surface area (Å²) >= 11 is 0. The van der Waals surface area contributed by atoms with Crippen LogP contribution in [0.5, 0.6) is 0 Å². The summed E-state index contributed by atoms with van der Waals surface area (Å²) in [6, 6.07) is 16.1. The maximum atomic E-state index is 12.3. The number of nitrogens with one attached hydrogen (secondary N) is 1. The van der Waals surface area contributed by atoms with Crippen molar-refractivity contribution < 1.29 is 4.79 Å². The van der Waals surface area contributed by atoms with Crippen molar-refractivity contribution >= 4 is 5.91 Å². The minimum Gasteiger partial charge on any atom is -0.346 e. The second-order valence-electron chi connectivity index (χ2n) is 6.93. The minimum absolute atomic E-state index is 0.0113. The number of hydrogen-bond donors (Lipinski definition) is 1. The normalized spacial score (nSPS) is 12.8. The zero-order valence-electron chi connectivity index (χ0n) is 14.1. The van der Waals surface area contributed by atoms with Crippen molar-refractivity contribution in [3.63, 3.8) is 0 Å². The highest BCUT2D eigenvalue weighted by molar-refractivity contribution is 5.94. The Morgan fingerprint density at radius 1 is 0.955 bits per heavy atom. The largest absolute Gasteiger partial charge is 0.346 e. The van der Waals surface area contributed by atoms with E-state index < -0.39 is 0 Å². The van der Waals surface area contributed by atoms with E-state index in [-0.39, 0.29) is 17.4 Å². The fourth-order valence-electron chi connectivity index (χ4n) is 2.34. The van der Waals surface area contributed by atoms with Crippen LogP contribution in [0.3, 0.4) is 0 Å². The van der Waals surface area contributed by atoms with Crippen molar-refractivity contribution in [3.8, 4) is 0 Å². The molecule has 1 atom stereocenters. The first kappa shape index (κ1) is 16.3. The van der Waals surface area contributed by atoms with E-state index in [0.717, 1.165) is 11.1 Å². The highest BCUT2D eigenvalue weighted by atomic mass is 16.1. The van der Waals surface area contributed by atoms with Crippen LogP contribution in [-0.4, -0.2) is 5.91 Å². The van der Waals surface area contributed by atoms with E-state index in [0.29, 0.717) is 5.56 Å². The summed E-state index contributed by atoms with van der Waals surface area (Å²) in [6.07, 6.45) is 0. The van der Waals surface area contributed by atoms with Gasteiger partial charge in [0.1, 0.15) is 0 Å². The lowest BCUT2D eigenvalue weighted by atomic mass is 9.86. The van der Waals surface area contributed by atoms with E-state index in [4.69, 9.17) is 0 Å². The summed E-state index contributed by atoms with van der Waals surface area (Å²) in [5.41, 5.74) is 4.42. The Hall–Kier alpha value is -2.09. The molecular formula is C20H25NO. The molecule has 2 nitrogen and oxygen atoms in total. The predicted molar refractivity (Wildman–Crippen MR) is 92.2 cm³/mol. The number of rotatable bonds is 3. The maximum Gasteiger partial charge on any atom is 0.251 e. The van der Waals surface area contributed by atoms with Crippen LogP contribution in [0, 0.1) is 6.92 Å². The van der Waals surface area contributed by atoms with Gasteiger partial charge >= 0.3 is 0 Å². The average molecular weight is 295 g/mol. The molecule has 0 unspecified atom stereocenters. The maximum absolute atomic E-state index is 12.3. The summed E-state index contributed by atoms with van der Waals surface area (Å²) < 4.78 is 0. The summed E-state index contributed by atoms with van der Waals surface area (Å²) in [7, 11) is 0. The zero-order valence-corrected chi connectivity index (χ0v) is 14.1. The Balaban J connectivity index is 2.07. The Kier molecular flexibility index (Phi) is 4.70. The lowest BCUT2D eigenvalue weighted by Gasteiger charge is -2.20. The molecule has 0 aliphatic carbocycles. The van der Waals surface area contributed by atoms with Crippen molar-refractivity contribution in [3.05, 3.63) is 70.8 Å². The molecule has 2 aromatic carbocycles. The van der Waals surface area contributed by atoms with Crippen LogP contribution >= 0.6 is 0 Å². The summed E-state index contributed by atoms with van der Waals surface area (Å²) in [5, 5.41) is 3.05. The Bertz CT molecular complexity index is 633. The van der Waals surface area contributed by atoms with E-state index in [2.05, 4.69) is 50.4 Å². The molecule has 22 heavy (non-hydrogen) atoms. The topological polar surface area (TPSA) is 29.1 Å². The molecule has 116 valence electrons. The van der Waals surface area contributed by atoms with Gasteiger partial charge in [-0.05, 0) is 42.5 Å². The molecule has 2 aromatic rings. The van der Waals surface area contributed by atoms with Gasteiger partial charge in [-0.25, -0.2) is 0 Å². The quantitative estimate of drug-likeness (QED) is 0.867. The Labute approximate surface area is 133 Å². The van der Waals surface area contributed by atoms with Gasteiger partial charge < -0.3 is 5.32 Å². The zero-order chi connectivity index (χ0) is 16.3. The standard InChI is InChI=1S/C20H25NO/c1-14-6-8-17(9-7-14)19(22)21-15(2)16-10-12-18(13-11-16)20(3,4)5/h6-13,15H,1-5H3,(H,21,22)/t15-/m1/s1. The number of carbonyl (C=O) groups is 1. The average Bonchev–Trinajstić information content (AvgIpc) is 2.47. The molecule has 0 radical (unpaired) electrons. The SMILES string of the molecule is Cc1ccc(C(=O)N[C@H](C)c2ccc(C(C)(C)C)cc2)cc1. The van der Waals surface area contributed by atoms with E-state index >= 15 is 0 Å². The molecule has 0 heterocycles. The second-order valence-corrected chi connectivity index (χ2v) is 6.93. The lowest BCUT2D eigenvalue weighted by Crippen LogP contribution is -2.26. The molecule has 0 bridgehead atoms. The monoisotopic (exact) mass is 295 g/mol. The van der Waals surface area contributed by atoms with Crippen molar-refractivity contribution in [1.29, 1.82) is 0 Å². The van der Waals surface area contributed by atoms with Crippen LogP contribution < -0.4 is 5.32 Å². The van der Waals surface area contributed by atoms with E-state index in [1.165, 1.54) is 5.56 Å². The molecule has 0 fully saturated rings. The van der Waals surface area contributed by atoms with E-state index in [1.807, 2.05) is 38.1 Å². The molecule has 0 saturated heterocycles. The predicted octanol–water partition coefficient (Wildman–Crippen LogP) is 4.78. The molecule has 0 aliphatic rings. The van der Waals surface area contributed by atoms with Gasteiger partial charge in [-0.3, -0.25) is 4.79 Å². The molecule has 0 aliphatic heterocycles. The van der Waals surface area contributed by atoms with Gasteiger partial charge in [0.15, 0.2) is 0 Å². The van der Waals surface area contributed by atoms with Crippen molar-refractivity contribution in [2.45, 2.75) is 46.1 Å². The van der Waals surface area contributed by atoms with Crippen LogP contribution in [0.4, 0.5) is 0 Å². The van der Waals surface area contributed by atoms with Gasteiger partial charge in [0, 0.05) is 5.56 Å². The van der Waals surface area contributed by atoms with Gasteiger partial charge in [-0.2, -0.15) is 0 Å². The van der Waals surface area contributed by atoms with Crippen LogP contribution in [0.1, 0.15) is 60.8 Å². The third-order valence-electron chi connectivity index (χ3n) is 3.94. The number of benzene rings is 2. The van der Waals surface area contributed by atoms with Gasteiger partial charge in [0.05, 0.1) is 6.04 Å². The Morgan fingerprint density at radius 3 is 2.00 bits per heavy atom. The Morgan fingerprint density at radius 2 is 1.50 bits per heavy atom. The van der Waals surface area contributed by atoms with Crippen LogP contribution in [0.15, 0.2) is 48.5 Å². The van der Waals surface area contributed by atoms with Crippen LogP contribution in [0.25, 0.3) is 0 Å². The fraction of sp³-hybridized carbons (Fsp3) is 0.350. The highest BCUT2D eigenvalue weighted by Gasteiger charge is 2.15. The van der Waals surface area contributed by atoms with Gasteiger partial charge in [0.25, 0.3) is 5.91 Å². The molecule has 2 rings (SSSR count). The fourth-order valence-corrected chi connectivity index (χ4v) is 2.34. The van der Waals surface area contributed by atoms with Crippen molar-refractivity contribution in [2.24, 2.45) is 0 Å². The first-order valence-corrected chi connectivity index (χ1v) is 7.75. The third-order valence-corrected chi connectivity index (χ3v) is 3.94. The minimum atomic E-state index is -0.0348. The van der Waals surface area contributed by atoms with Crippen LogP contribution in [0.2, 0.25) is 0 Å². The van der Waals surface area contributed by atoms with Gasteiger partial charge in [-0.1, -0.05) is 62.7 Å². The summed E-state index contributed by atoms with van der Waals surface area (Å²) in [6.45, 7) is 10.6. The molecular weight excluding hydrogens is 270 g/mol. The van der Waals surface area contributed by atoms with Gasteiger partial charge in [0.2, 0.25) is 0 Å². The highest BCUT2D eigenvalue weighted by Crippen LogP contribution is 2.24. The first-order chi connectivity index (χ1) is 10.3.